The van der Waals surface area contributed by atoms with Crippen LogP contribution in [0.1, 0.15) is 16.8 Å². The topological polar surface area (TPSA) is 109 Å². The van der Waals surface area contributed by atoms with Crippen molar-refractivity contribution in [2.75, 3.05) is 5.43 Å². The van der Waals surface area contributed by atoms with E-state index in [4.69, 9.17) is 5.26 Å². The van der Waals surface area contributed by atoms with Gasteiger partial charge in [0, 0.05) is 7.05 Å². The third kappa shape index (κ3) is 3.03. The van der Waals surface area contributed by atoms with E-state index in [0.717, 1.165) is 5.56 Å². The molecule has 2 aromatic rings. The fourth-order valence-corrected chi connectivity index (χ4v) is 1.80. The number of nitriles is 1. The molecule has 2 rings (SSSR count). The first-order chi connectivity index (χ1) is 10.0. The van der Waals surface area contributed by atoms with Crippen molar-refractivity contribution in [3.8, 4) is 6.07 Å². The maximum Gasteiger partial charge on any atom is 0.335 e. The Labute approximate surface area is 120 Å². The Hall–Kier alpha value is -3.21. The SMILES string of the molecule is Cc1nn(C)c(N/N=C/c2ccc(C#N)cc2)c1[N+](=O)[O-]. The number of nitrogens with zero attached hydrogens (tertiary/aromatic N) is 5. The summed E-state index contributed by atoms with van der Waals surface area (Å²) in [6.07, 6.45) is 1.51. The third-order valence-electron chi connectivity index (χ3n) is 2.80. The molecule has 1 N–H and O–H groups in total. The van der Waals surface area contributed by atoms with Gasteiger partial charge in [-0.05, 0) is 24.6 Å². The highest BCUT2D eigenvalue weighted by Gasteiger charge is 2.23. The Balaban J connectivity index is 2.18. The highest BCUT2D eigenvalue weighted by atomic mass is 16.6. The van der Waals surface area contributed by atoms with Crippen LogP contribution in [0, 0.1) is 28.4 Å². The first kappa shape index (κ1) is 14.2. The van der Waals surface area contributed by atoms with E-state index in [1.165, 1.54) is 10.9 Å². The van der Waals surface area contributed by atoms with E-state index in [0.29, 0.717) is 11.3 Å². The van der Waals surface area contributed by atoms with E-state index >= 15 is 0 Å². The molecule has 21 heavy (non-hydrogen) atoms. The van der Waals surface area contributed by atoms with Crippen LogP contribution in [0.25, 0.3) is 0 Å². The lowest BCUT2D eigenvalue weighted by Gasteiger charge is -1.99. The quantitative estimate of drug-likeness (QED) is 0.524. The first-order valence-electron chi connectivity index (χ1n) is 6.00. The maximum atomic E-state index is 11.0. The minimum absolute atomic E-state index is 0.102. The minimum atomic E-state index is -0.498. The number of rotatable bonds is 4. The van der Waals surface area contributed by atoms with Crippen LogP contribution in [-0.4, -0.2) is 20.9 Å². The van der Waals surface area contributed by atoms with Crippen molar-refractivity contribution in [1.29, 1.82) is 5.26 Å². The Morgan fingerprint density at radius 3 is 2.71 bits per heavy atom. The van der Waals surface area contributed by atoms with E-state index in [2.05, 4.69) is 15.6 Å². The normalized spacial score (nSPS) is 10.5. The monoisotopic (exact) mass is 284 g/mol. The molecule has 0 saturated heterocycles. The third-order valence-corrected chi connectivity index (χ3v) is 2.80. The van der Waals surface area contributed by atoms with Crippen molar-refractivity contribution >= 4 is 17.7 Å². The molecular weight excluding hydrogens is 272 g/mol. The van der Waals surface area contributed by atoms with Crippen LogP contribution in [0.15, 0.2) is 29.4 Å². The van der Waals surface area contributed by atoms with Crippen LogP contribution in [-0.2, 0) is 7.05 Å². The second kappa shape index (κ2) is 5.83. The van der Waals surface area contributed by atoms with Crippen molar-refractivity contribution in [3.05, 3.63) is 51.2 Å². The van der Waals surface area contributed by atoms with Gasteiger partial charge in [-0.1, -0.05) is 12.1 Å². The van der Waals surface area contributed by atoms with Crippen LogP contribution in [0.2, 0.25) is 0 Å². The molecule has 0 saturated carbocycles. The predicted octanol–water partition coefficient (Wildman–Crippen LogP) is 1.95. The lowest BCUT2D eigenvalue weighted by atomic mass is 10.2. The van der Waals surface area contributed by atoms with Gasteiger partial charge >= 0.3 is 5.69 Å². The van der Waals surface area contributed by atoms with Crippen molar-refractivity contribution < 1.29 is 4.92 Å². The zero-order valence-corrected chi connectivity index (χ0v) is 11.4. The molecule has 0 radical (unpaired) electrons. The Morgan fingerprint density at radius 1 is 1.48 bits per heavy atom. The number of benzene rings is 1. The van der Waals surface area contributed by atoms with E-state index in [9.17, 15) is 10.1 Å². The summed E-state index contributed by atoms with van der Waals surface area (Å²) in [4.78, 5) is 10.5. The molecule has 1 aromatic heterocycles. The van der Waals surface area contributed by atoms with Gasteiger partial charge in [0.15, 0.2) is 0 Å². The van der Waals surface area contributed by atoms with Crippen LogP contribution in [0.4, 0.5) is 11.5 Å². The largest absolute Gasteiger partial charge is 0.335 e. The molecular formula is C13H12N6O2. The van der Waals surface area contributed by atoms with Crippen LogP contribution in [0.5, 0.6) is 0 Å². The van der Waals surface area contributed by atoms with Gasteiger partial charge < -0.3 is 0 Å². The zero-order valence-electron chi connectivity index (χ0n) is 11.4. The van der Waals surface area contributed by atoms with Gasteiger partial charge in [0.05, 0.1) is 22.8 Å². The molecule has 0 aliphatic carbocycles. The van der Waals surface area contributed by atoms with Crippen molar-refractivity contribution in [3.63, 3.8) is 0 Å². The molecule has 0 fully saturated rings. The second-order valence-electron chi connectivity index (χ2n) is 4.27. The number of aromatic nitrogens is 2. The summed E-state index contributed by atoms with van der Waals surface area (Å²) in [6, 6.07) is 8.81. The summed E-state index contributed by atoms with van der Waals surface area (Å²) in [7, 11) is 1.60. The average Bonchev–Trinajstić information content (AvgIpc) is 2.74. The molecule has 8 nitrogen and oxygen atoms in total. The summed E-state index contributed by atoms with van der Waals surface area (Å²) in [6.45, 7) is 1.56. The standard InChI is InChI=1S/C13H12N6O2/c1-9-12(19(20)21)13(18(2)17-9)16-15-8-11-5-3-10(7-14)4-6-11/h3-6,8,16H,1-2H3/b15-8+. The van der Waals surface area contributed by atoms with Gasteiger partial charge in [-0.3, -0.25) is 15.5 Å². The molecule has 106 valence electrons. The van der Waals surface area contributed by atoms with Gasteiger partial charge in [0.25, 0.3) is 0 Å². The van der Waals surface area contributed by atoms with Gasteiger partial charge in [-0.25, -0.2) is 4.68 Å². The smallest absolute Gasteiger partial charge is 0.258 e. The summed E-state index contributed by atoms with van der Waals surface area (Å²) in [5.41, 5.74) is 4.16. The molecule has 0 aliphatic heterocycles. The number of nitro groups is 1. The number of hydrazone groups is 1. The van der Waals surface area contributed by atoms with Gasteiger partial charge in [-0.15, -0.1) is 0 Å². The van der Waals surface area contributed by atoms with E-state index in [1.807, 2.05) is 6.07 Å². The highest BCUT2D eigenvalue weighted by molar-refractivity contribution is 5.80. The lowest BCUT2D eigenvalue weighted by Crippen LogP contribution is -2.01. The fraction of sp³-hybridized carbons (Fsp3) is 0.154. The minimum Gasteiger partial charge on any atom is -0.258 e. The fourth-order valence-electron chi connectivity index (χ4n) is 1.80. The van der Waals surface area contributed by atoms with E-state index in [1.54, 1.807) is 38.2 Å². The Kier molecular flexibility index (Phi) is 3.95. The molecule has 0 spiro atoms. The molecule has 0 amide bonds. The molecule has 1 heterocycles. The summed E-state index contributed by atoms with van der Waals surface area (Å²) >= 11 is 0. The number of hydrogen-bond acceptors (Lipinski definition) is 6. The molecule has 0 bridgehead atoms. The molecule has 0 atom stereocenters. The van der Waals surface area contributed by atoms with Gasteiger partial charge in [0.2, 0.25) is 5.82 Å². The number of aryl methyl sites for hydroxylation is 2. The average molecular weight is 284 g/mol. The zero-order chi connectivity index (χ0) is 15.4. The molecule has 8 heteroatoms. The van der Waals surface area contributed by atoms with Crippen LogP contribution in [0.3, 0.4) is 0 Å². The summed E-state index contributed by atoms with van der Waals surface area (Å²) in [5, 5.41) is 27.6. The maximum absolute atomic E-state index is 11.0. The number of hydrogen-bond donors (Lipinski definition) is 1. The van der Waals surface area contributed by atoms with Gasteiger partial charge in [-0.2, -0.15) is 15.5 Å². The Morgan fingerprint density at radius 2 is 2.14 bits per heavy atom. The number of anilines is 1. The highest BCUT2D eigenvalue weighted by Crippen LogP contribution is 2.26. The molecule has 0 unspecified atom stereocenters. The van der Waals surface area contributed by atoms with Crippen molar-refractivity contribution in [2.45, 2.75) is 6.92 Å². The summed E-state index contributed by atoms with van der Waals surface area (Å²) < 4.78 is 1.36. The van der Waals surface area contributed by atoms with Crippen LogP contribution >= 0.6 is 0 Å². The van der Waals surface area contributed by atoms with Crippen molar-refractivity contribution in [2.24, 2.45) is 12.1 Å². The van der Waals surface area contributed by atoms with Gasteiger partial charge in [0.1, 0.15) is 5.69 Å². The molecule has 0 aliphatic rings. The Bertz CT molecular complexity index is 739. The van der Waals surface area contributed by atoms with E-state index < -0.39 is 4.92 Å². The van der Waals surface area contributed by atoms with Crippen molar-refractivity contribution in [1.82, 2.24) is 9.78 Å². The predicted molar refractivity (Wildman–Crippen MR) is 77.0 cm³/mol. The summed E-state index contributed by atoms with van der Waals surface area (Å²) in [5.74, 6) is 0.211. The van der Waals surface area contributed by atoms with E-state index in [-0.39, 0.29) is 11.5 Å². The van der Waals surface area contributed by atoms with Crippen LogP contribution < -0.4 is 5.43 Å². The molecule has 1 aromatic carbocycles. The first-order valence-corrected chi connectivity index (χ1v) is 6.00. The number of nitrogens with one attached hydrogen (secondary N) is 1. The second-order valence-corrected chi connectivity index (χ2v) is 4.27. The lowest BCUT2D eigenvalue weighted by molar-refractivity contribution is -0.384.